The highest BCUT2D eigenvalue weighted by atomic mass is 16.3. The Bertz CT molecular complexity index is 296. The van der Waals surface area contributed by atoms with Crippen molar-refractivity contribution in [3.8, 4) is 0 Å². The Morgan fingerprint density at radius 2 is 1.94 bits per heavy atom. The molecule has 0 spiro atoms. The third kappa shape index (κ3) is 2.10. The molecule has 5 heteroatoms. The summed E-state index contributed by atoms with van der Waals surface area (Å²) < 4.78 is 0. The fraction of sp³-hybridized carbons (Fsp3) is 0.818. The van der Waals surface area contributed by atoms with Crippen molar-refractivity contribution in [2.75, 3.05) is 13.1 Å². The monoisotopic (exact) mass is 226 g/mol. The molecule has 3 atom stereocenters. The van der Waals surface area contributed by atoms with Gasteiger partial charge in [0.05, 0.1) is 24.5 Å². The lowest BCUT2D eigenvalue weighted by molar-refractivity contribution is -0.142. The van der Waals surface area contributed by atoms with Crippen LogP contribution in [-0.2, 0) is 9.59 Å². The predicted octanol–water partition coefficient (Wildman–Crippen LogP) is -0.650. The summed E-state index contributed by atoms with van der Waals surface area (Å²) in [6.45, 7) is 4.50. The first kappa shape index (κ1) is 11.5. The van der Waals surface area contributed by atoms with Crippen molar-refractivity contribution >= 4 is 11.8 Å². The summed E-state index contributed by atoms with van der Waals surface area (Å²) in [5.74, 6) is -0.340. The van der Waals surface area contributed by atoms with Crippen LogP contribution < -0.4 is 5.32 Å². The maximum atomic E-state index is 11.6. The van der Waals surface area contributed by atoms with Crippen LogP contribution in [0.1, 0.15) is 20.3 Å². The lowest BCUT2D eigenvalue weighted by Crippen LogP contribution is -2.43. The normalized spacial score (nSPS) is 29.9. The van der Waals surface area contributed by atoms with Crippen LogP contribution in [0.5, 0.6) is 0 Å². The minimum absolute atomic E-state index is 0.0715. The zero-order valence-corrected chi connectivity index (χ0v) is 9.64. The van der Waals surface area contributed by atoms with E-state index in [9.17, 15) is 14.7 Å². The first-order valence-corrected chi connectivity index (χ1v) is 5.77. The van der Waals surface area contributed by atoms with Crippen LogP contribution in [-0.4, -0.2) is 47.1 Å². The van der Waals surface area contributed by atoms with E-state index < -0.39 is 6.10 Å². The van der Waals surface area contributed by atoms with Gasteiger partial charge in [-0.2, -0.15) is 0 Å². The van der Waals surface area contributed by atoms with E-state index in [4.69, 9.17) is 0 Å². The predicted molar refractivity (Wildman–Crippen MR) is 57.5 cm³/mol. The quantitative estimate of drug-likeness (QED) is 0.611. The van der Waals surface area contributed by atoms with Gasteiger partial charge in [-0.1, -0.05) is 13.8 Å². The Hall–Kier alpha value is -0.940. The second-order valence-corrected chi connectivity index (χ2v) is 4.95. The number of amides is 2. The van der Waals surface area contributed by atoms with E-state index >= 15 is 0 Å². The van der Waals surface area contributed by atoms with Crippen molar-refractivity contribution < 1.29 is 14.7 Å². The molecule has 2 aliphatic rings. The number of β-amino-alcohol motifs (C(OH)–C–C–N with tert-alkyl or cyclic N) is 1. The largest absolute Gasteiger partial charge is 0.390 e. The van der Waals surface area contributed by atoms with E-state index in [0.717, 1.165) is 0 Å². The molecule has 1 saturated carbocycles. The van der Waals surface area contributed by atoms with Crippen LogP contribution in [0.2, 0.25) is 0 Å². The van der Waals surface area contributed by atoms with Crippen LogP contribution in [0.15, 0.2) is 0 Å². The second kappa shape index (κ2) is 4.14. The van der Waals surface area contributed by atoms with Gasteiger partial charge >= 0.3 is 0 Å². The van der Waals surface area contributed by atoms with Crippen LogP contribution in [0, 0.1) is 11.8 Å². The third-order valence-electron chi connectivity index (χ3n) is 3.11. The molecule has 0 aromatic heterocycles. The Balaban J connectivity index is 1.81. The summed E-state index contributed by atoms with van der Waals surface area (Å²) in [6.07, 6.45) is 0.0434. The van der Waals surface area contributed by atoms with Gasteiger partial charge in [0.25, 0.3) is 0 Å². The Morgan fingerprint density at radius 3 is 2.44 bits per heavy atom. The van der Waals surface area contributed by atoms with E-state index in [1.54, 1.807) is 0 Å². The molecule has 16 heavy (non-hydrogen) atoms. The number of carbonyl (C=O) groups excluding carboxylic acids is 2. The van der Waals surface area contributed by atoms with Crippen molar-refractivity contribution in [3.63, 3.8) is 0 Å². The Labute approximate surface area is 94.8 Å². The van der Waals surface area contributed by atoms with E-state index in [-0.39, 0.29) is 36.2 Å². The average molecular weight is 226 g/mol. The van der Waals surface area contributed by atoms with Crippen molar-refractivity contribution in [1.82, 2.24) is 10.2 Å². The highest BCUT2D eigenvalue weighted by molar-refractivity contribution is 6.08. The average Bonchev–Trinajstić information content (AvgIpc) is 2.96. The van der Waals surface area contributed by atoms with E-state index in [1.165, 1.54) is 4.90 Å². The Morgan fingerprint density at radius 1 is 1.38 bits per heavy atom. The summed E-state index contributed by atoms with van der Waals surface area (Å²) in [5.41, 5.74) is 0. The number of fused-ring (bicyclic) bond motifs is 1. The topological polar surface area (TPSA) is 69.6 Å². The van der Waals surface area contributed by atoms with Gasteiger partial charge in [-0.25, -0.2) is 0 Å². The molecule has 0 bridgehead atoms. The highest BCUT2D eigenvalue weighted by Gasteiger charge is 2.58. The molecule has 1 heterocycles. The van der Waals surface area contributed by atoms with E-state index in [2.05, 4.69) is 5.32 Å². The summed E-state index contributed by atoms with van der Waals surface area (Å²) in [7, 11) is 0. The van der Waals surface area contributed by atoms with Gasteiger partial charge in [0, 0.05) is 12.6 Å². The molecule has 1 aliphatic heterocycles. The SMILES string of the molecule is CC(C)NCC(O)CN1C(=O)C2CC2C1=O. The summed E-state index contributed by atoms with van der Waals surface area (Å²) in [6, 6.07) is 0.285. The number of aliphatic hydroxyl groups excluding tert-OH is 1. The number of carbonyl (C=O) groups is 2. The number of piperidine rings is 1. The molecule has 2 amide bonds. The molecule has 0 radical (unpaired) electrons. The molecule has 5 nitrogen and oxygen atoms in total. The Kier molecular flexibility index (Phi) is 2.99. The molecular weight excluding hydrogens is 208 g/mol. The molecule has 2 rings (SSSR count). The number of likely N-dealkylation sites (tertiary alicyclic amines) is 1. The fourth-order valence-electron chi connectivity index (χ4n) is 2.08. The molecule has 2 fully saturated rings. The molecule has 90 valence electrons. The number of nitrogens with zero attached hydrogens (tertiary/aromatic N) is 1. The lowest BCUT2D eigenvalue weighted by atomic mass is 10.3. The molecule has 1 saturated heterocycles. The van der Waals surface area contributed by atoms with Gasteiger partial charge in [-0.05, 0) is 6.42 Å². The number of hydrogen-bond acceptors (Lipinski definition) is 4. The first-order valence-electron chi connectivity index (χ1n) is 5.77. The van der Waals surface area contributed by atoms with Gasteiger partial charge in [0.2, 0.25) is 11.8 Å². The number of hydrogen-bond donors (Lipinski definition) is 2. The third-order valence-corrected chi connectivity index (χ3v) is 3.11. The summed E-state index contributed by atoms with van der Waals surface area (Å²) >= 11 is 0. The molecule has 0 aromatic carbocycles. The van der Waals surface area contributed by atoms with Crippen LogP contribution >= 0.6 is 0 Å². The summed E-state index contributed by atoms with van der Waals surface area (Å²) in [4.78, 5) is 24.4. The standard InChI is InChI=1S/C11H18N2O3/c1-6(2)12-4-7(14)5-13-10(15)8-3-9(8)11(13)16/h6-9,12,14H,3-5H2,1-2H3. The molecule has 0 aromatic rings. The molecular formula is C11H18N2O3. The van der Waals surface area contributed by atoms with Crippen molar-refractivity contribution in [1.29, 1.82) is 0 Å². The molecule has 2 N–H and O–H groups in total. The minimum atomic E-state index is -0.673. The zero-order chi connectivity index (χ0) is 11.9. The number of aliphatic hydroxyl groups is 1. The van der Waals surface area contributed by atoms with Crippen molar-refractivity contribution in [2.24, 2.45) is 11.8 Å². The van der Waals surface area contributed by atoms with Crippen LogP contribution in [0.4, 0.5) is 0 Å². The zero-order valence-electron chi connectivity index (χ0n) is 9.64. The van der Waals surface area contributed by atoms with Gasteiger partial charge in [-0.15, -0.1) is 0 Å². The number of imide groups is 1. The maximum Gasteiger partial charge on any atom is 0.233 e. The van der Waals surface area contributed by atoms with Gasteiger partial charge < -0.3 is 10.4 Å². The lowest BCUT2D eigenvalue weighted by Gasteiger charge is -2.21. The smallest absolute Gasteiger partial charge is 0.233 e. The second-order valence-electron chi connectivity index (χ2n) is 4.95. The highest BCUT2D eigenvalue weighted by Crippen LogP contribution is 2.46. The minimum Gasteiger partial charge on any atom is -0.390 e. The maximum absolute atomic E-state index is 11.6. The van der Waals surface area contributed by atoms with Crippen molar-refractivity contribution in [2.45, 2.75) is 32.4 Å². The summed E-state index contributed by atoms with van der Waals surface area (Å²) in [5, 5.41) is 12.8. The number of nitrogens with one attached hydrogen (secondary N) is 1. The molecule has 3 unspecified atom stereocenters. The number of rotatable bonds is 5. The molecule has 1 aliphatic carbocycles. The van der Waals surface area contributed by atoms with E-state index in [0.29, 0.717) is 13.0 Å². The fourth-order valence-corrected chi connectivity index (χ4v) is 2.08. The first-order chi connectivity index (χ1) is 7.50. The van der Waals surface area contributed by atoms with Crippen molar-refractivity contribution in [3.05, 3.63) is 0 Å². The van der Waals surface area contributed by atoms with Gasteiger partial charge in [0.15, 0.2) is 0 Å². The van der Waals surface area contributed by atoms with Gasteiger partial charge in [-0.3, -0.25) is 14.5 Å². The van der Waals surface area contributed by atoms with E-state index in [1.807, 2.05) is 13.8 Å². The van der Waals surface area contributed by atoms with Gasteiger partial charge in [0.1, 0.15) is 0 Å². The van der Waals surface area contributed by atoms with Crippen LogP contribution in [0.25, 0.3) is 0 Å². The van der Waals surface area contributed by atoms with Crippen LogP contribution in [0.3, 0.4) is 0 Å².